The van der Waals surface area contributed by atoms with Gasteiger partial charge in [-0.05, 0) is 13.8 Å². The molecule has 2 nitrogen and oxygen atoms in total. The van der Waals surface area contributed by atoms with Gasteiger partial charge in [-0.15, -0.1) is 0 Å². The van der Waals surface area contributed by atoms with Crippen molar-refractivity contribution in [3.63, 3.8) is 0 Å². The highest BCUT2D eigenvalue weighted by Crippen LogP contribution is 2.23. The van der Waals surface area contributed by atoms with Crippen LogP contribution in [0.2, 0.25) is 0 Å². The van der Waals surface area contributed by atoms with E-state index >= 15 is 0 Å². The van der Waals surface area contributed by atoms with E-state index in [2.05, 4.69) is 10.3 Å². The lowest BCUT2D eigenvalue weighted by molar-refractivity contribution is -0.118. The third-order valence-electron chi connectivity index (χ3n) is 1.42. The van der Waals surface area contributed by atoms with Gasteiger partial charge in [-0.1, -0.05) is 11.8 Å². The van der Waals surface area contributed by atoms with Crippen LogP contribution in [0.5, 0.6) is 0 Å². The van der Waals surface area contributed by atoms with Crippen molar-refractivity contribution in [1.82, 2.24) is 5.32 Å². The first-order chi connectivity index (χ1) is 5.79. The van der Waals surface area contributed by atoms with E-state index in [1.165, 1.54) is 11.8 Å². The SMILES string of the molecule is CC1(C)CSC(=NCC(F)(F)F)N1. The molecule has 0 unspecified atom stereocenters. The second-order valence-electron chi connectivity index (χ2n) is 3.53. The van der Waals surface area contributed by atoms with Gasteiger partial charge in [-0.25, -0.2) is 0 Å². The van der Waals surface area contributed by atoms with E-state index in [0.717, 1.165) is 5.75 Å². The predicted molar refractivity (Wildman–Crippen MR) is 48.0 cm³/mol. The fourth-order valence-electron chi connectivity index (χ4n) is 0.857. The van der Waals surface area contributed by atoms with Crippen molar-refractivity contribution in [3.8, 4) is 0 Å². The third kappa shape index (κ3) is 3.89. The lowest BCUT2D eigenvalue weighted by Crippen LogP contribution is -2.37. The number of aliphatic imine (C=N–C) groups is 1. The minimum atomic E-state index is -4.21. The molecular weight excluding hydrogens is 201 g/mol. The molecule has 0 aromatic heterocycles. The normalized spacial score (nSPS) is 24.8. The van der Waals surface area contributed by atoms with Gasteiger partial charge in [-0.3, -0.25) is 4.99 Å². The van der Waals surface area contributed by atoms with Crippen LogP contribution in [0.15, 0.2) is 4.99 Å². The quantitative estimate of drug-likeness (QED) is 0.719. The molecule has 6 heteroatoms. The third-order valence-corrected chi connectivity index (χ3v) is 2.79. The van der Waals surface area contributed by atoms with E-state index in [1.54, 1.807) is 0 Å². The van der Waals surface area contributed by atoms with Crippen LogP contribution < -0.4 is 5.32 Å². The zero-order valence-electron chi connectivity index (χ0n) is 7.40. The fourth-order valence-corrected chi connectivity index (χ4v) is 1.93. The van der Waals surface area contributed by atoms with Gasteiger partial charge in [0, 0.05) is 11.3 Å². The molecule has 0 spiro atoms. The summed E-state index contributed by atoms with van der Waals surface area (Å²) < 4.78 is 35.3. The Labute approximate surface area is 79.0 Å². The molecule has 0 aromatic rings. The monoisotopic (exact) mass is 212 g/mol. The summed E-state index contributed by atoms with van der Waals surface area (Å²) in [5.41, 5.74) is -0.144. The molecule has 0 atom stereocenters. The van der Waals surface area contributed by atoms with Crippen LogP contribution in [0, 0.1) is 0 Å². The van der Waals surface area contributed by atoms with Crippen molar-refractivity contribution in [2.75, 3.05) is 12.3 Å². The minimum absolute atomic E-state index is 0.144. The Balaban J connectivity index is 2.47. The molecule has 1 heterocycles. The maximum Gasteiger partial charge on any atom is 0.408 e. The van der Waals surface area contributed by atoms with Gasteiger partial charge in [0.15, 0.2) is 5.17 Å². The summed E-state index contributed by atoms with van der Waals surface area (Å²) >= 11 is 1.33. The largest absolute Gasteiger partial charge is 0.408 e. The van der Waals surface area contributed by atoms with E-state index in [0.29, 0.717) is 5.17 Å². The number of nitrogens with zero attached hydrogens (tertiary/aromatic N) is 1. The van der Waals surface area contributed by atoms with Crippen LogP contribution in [-0.4, -0.2) is 29.2 Å². The van der Waals surface area contributed by atoms with Crippen molar-refractivity contribution < 1.29 is 13.2 Å². The summed E-state index contributed by atoms with van der Waals surface area (Å²) in [6, 6.07) is 0. The van der Waals surface area contributed by atoms with Crippen molar-refractivity contribution in [1.29, 1.82) is 0 Å². The van der Waals surface area contributed by atoms with Crippen molar-refractivity contribution >= 4 is 16.9 Å². The number of thioether (sulfide) groups is 1. The average molecular weight is 212 g/mol. The van der Waals surface area contributed by atoms with Gasteiger partial charge in [0.2, 0.25) is 0 Å². The van der Waals surface area contributed by atoms with Gasteiger partial charge in [0.25, 0.3) is 0 Å². The molecule has 0 saturated carbocycles. The van der Waals surface area contributed by atoms with Gasteiger partial charge < -0.3 is 5.32 Å². The van der Waals surface area contributed by atoms with Crippen LogP contribution in [-0.2, 0) is 0 Å². The molecule has 0 amide bonds. The molecule has 0 aromatic carbocycles. The average Bonchev–Trinajstić information content (AvgIpc) is 2.24. The van der Waals surface area contributed by atoms with E-state index in [4.69, 9.17) is 0 Å². The number of alkyl halides is 3. The zero-order chi connectivity index (χ0) is 10.1. The van der Waals surface area contributed by atoms with Gasteiger partial charge in [-0.2, -0.15) is 13.2 Å². The topological polar surface area (TPSA) is 24.4 Å². The minimum Gasteiger partial charge on any atom is -0.359 e. The van der Waals surface area contributed by atoms with Gasteiger partial charge in [0.1, 0.15) is 6.54 Å². The lowest BCUT2D eigenvalue weighted by Gasteiger charge is -2.15. The summed E-state index contributed by atoms with van der Waals surface area (Å²) in [7, 11) is 0. The summed E-state index contributed by atoms with van der Waals surface area (Å²) in [5.74, 6) is 0.754. The molecule has 0 radical (unpaired) electrons. The van der Waals surface area contributed by atoms with E-state index in [9.17, 15) is 13.2 Å². The summed E-state index contributed by atoms with van der Waals surface area (Å²) in [6.45, 7) is 2.75. The van der Waals surface area contributed by atoms with Gasteiger partial charge >= 0.3 is 6.18 Å². The first-order valence-corrected chi connectivity index (χ1v) is 4.79. The van der Waals surface area contributed by atoms with Crippen LogP contribution in [0.4, 0.5) is 13.2 Å². The zero-order valence-corrected chi connectivity index (χ0v) is 8.22. The number of hydrogen-bond acceptors (Lipinski definition) is 2. The number of amidine groups is 1. The van der Waals surface area contributed by atoms with Gasteiger partial charge in [0.05, 0.1) is 0 Å². The highest BCUT2D eigenvalue weighted by atomic mass is 32.2. The number of nitrogens with one attached hydrogen (secondary N) is 1. The molecule has 76 valence electrons. The lowest BCUT2D eigenvalue weighted by atomic mass is 10.1. The first kappa shape index (κ1) is 10.7. The number of halogens is 3. The van der Waals surface area contributed by atoms with Crippen LogP contribution >= 0.6 is 11.8 Å². The second-order valence-corrected chi connectivity index (χ2v) is 4.50. The van der Waals surface area contributed by atoms with E-state index < -0.39 is 12.7 Å². The van der Waals surface area contributed by atoms with E-state index in [-0.39, 0.29) is 5.54 Å². The van der Waals surface area contributed by atoms with Crippen molar-refractivity contribution in [2.45, 2.75) is 25.6 Å². The standard InChI is InChI=1S/C7H11F3N2S/c1-6(2)4-13-5(12-6)11-3-7(8,9)10/h3-4H2,1-2H3,(H,11,12). The smallest absolute Gasteiger partial charge is 0.359 e. The van der Waals surface area contributed by atoms with Crippen LogP contribution in [0.1, 0.15) is 13.8 Å². The molecule has 1 N–H and O–H groups in total. The Morgan fingerprint density at radius 2 is 2.15 bits per heavy atom. The van der Waals surface area contributed by atoms with E-state index in [1.807, 2.05) is 13.8 Å². The van der Waals surface area contributed by atoms with Crippen LogP contribution in [0.3, 0.4) is 0 Å². The summed E-state index contributed by atoms with van der Waals surface area (Å²) in [4.78, 5) is 3.43. The van der Waals surface area contributed by atoms with Crippen molar-refractivity contribution in [2.24, 2.45) is 4.99 Å². The highest BCUT2D eigenvalue weighted by molar-refractivity contribution is 8.14. The molecule has 13 heavy (non-hydrogen) atoms. The molecule has 1 aliphatic rings. The maximum atomic E-state index is 11.8. The molecule has 1 rings (SSSR count). The molecule has 1 aliphatic heterocycles. The first-order valence-electron chi connectivity index (χ1n) is 3.81. The molecule has 1 saturated heterocycles. The Morgan fingerprint density at radius 3 is 2.54 bits per heavy atom. The maximum absolute atomic E-state index is 11.8. The number of rotatable bonds is 1. The molecule has 0 aliphatic carbocycles. The second kappa shape index (κ2) is 3.40. The summed E-state index contributed by atoms with van der Waals surface area (Å²) in [6.07, 6.45) is -4.21. The Hall–Kier alpha value is -0.390. The Kier molecular flexibility index (Phi) is 2.79. The fraction of sp³-hybridized carbons (Fsp3) is 0.857. The summed E-state index contributed by atoms with van der Waals surface area (Å²) in [5, 5.41) is 3.31. The molecule has 1 fully saturated rings. The predicted octanol–water partition coefficient (Wildman–Crippen LogP) is 2.02. The highest BCUT2D eigenvalue weighted by Gasteiger charge is 2.30. The molecular formula is C7H11F3N2S. The van der Waals surface area contributed by atoms with Crippen molar-refractivity contribution in [3.05, 3.63) is 0 Å². The Morgan fingerprint density at radius 1 is 1.54 bits per heavy atom. The molecule has 0 bridgehead atoms. The Bertz CT molecular complexity index is 222. The number of hydrogen-bond donors (Lipinski definition) is 1. The van der Waals surface area contributed by atoms with Crippen LogP contribution in [0.25, 0.3) is 0 Å².